The number of hydrogen-bond acceptors (Lipinski definition) is 1. The van der Waals surface area contributed by atoms with Gasteiger partial charge in [0, 0.05) is 23.6 Å². The summed E-state index contributed by atoms with van der Waals surface area (Å²) in [6, 6.07) is 3.92. The number of carbonyl (C=O) groups excluding carboxylic acids is 1. The van der Waals surface area contributed by atoms with E-state index in [2.05, 4.69) is 6.92 Å². The minimum absolute atomic E-state index is 0.0674. The van der Waals surface area contributed by atoms with Crippen molar-refractivity contribution in [3.63, 3.8) is 0 Å². The van der Waals surface area contributed by atoms with E-state index in [0.29, 0.717) is 18.4 Å². The Labute approximate surface area is 170 Å². The molecular weight excluding hydrogens is 356 g/mol. The quantitative estimate of drug-likeness (QED) is 0.373. The summed E-state index contributed by atoms with van der Waals surface area (Å²) in [6.45, 7) is 12.1. The fraction of sp³-hybridized carbons (Fsp3) is 0.708. The molecule has 1 atom stereocenters. The molecule has 0 fully saturated rings. The zero-order chi connectivity index (χ0) is 21.3. The Morgan fingerprint density at radius 2 is 1.68 bits per heavy atom. The highest BCUT2D eigenvalue weighted by Gasteiger charge is 2.33. The fourth-order valence-electron chi connectivity index (χ4n) is 3.66. The van der Waals surface area contributed by atoms with Crippen molar-refractivity contribution in [3.8, 4) is 0 Å². The van der Waals surface area contributed by atoms with Crippen molar-refractivity contribution in [2.45, 2.75) is 105 Å². The molecule has 0 heterocycles. The molecule has 0 aliphatic rings. The molecule has 4 heteroatoms. The van der Waals surface area contributed by atoms with Gasteiger partial charge in [-0.05, 0) is 44.7 Å². The maximum absolute atomic E-state index is 14.1. The first kappa shape index (κ1) is 24.6. The molecule has 0 radical (unpaired) electrons. The monoisotopic (exact) mass is 395 g/mol. The third kappa shape index (κ3) is 7.89. The van der Waals surface area contributed by atoms with Gasteiger partial charge in [0.05, 0.1) is 0 Å². The first-order chi connectivity index (χ1) is 13.1. The van der Waals surface area contributed by atoms with Crippen LogP contribution in [0.1, 0.15) is 92.1 Å². The molecule has 0 bridgehead atoms. The van der Waals surface area contributed by atoms with E-state index in [1.54, 1.807) is 0 Å². The molecule has 0 saturated carbocycles. The van der Waals surface area contributed by atoms with Crippen molar-refractivity contribution in [1.29, 1.82) is 0 Å². The number of nitrogens with zero attached hydrogens (tertiary/aromatic N) is 1. The Hall–Kier alpha value is -1.45. The predicted octanol–water partition coefficient (Wildman–Crippen LogP) is 6.91. The van der Waals surface area contributed by atoms with Crippen molar-refractivity contribution < 1.29 is 13.6 Å². The summed E-state index contributed by atoms with van der Waals surface area (Å²) in [5.41, 5.74) is 0.0653. The van der Waals surface area contributed by atoms with Crippen LogP contribution in [0.5, 0.6) is 0 Å². The summed E-state index contributed by atoms with van der Waals surface area (Å²) >= 11 is 0. The lowest BCUT2D eigenvalue weighted by molar-refractivity contribution is -0.144. The smallest absolute Gasteiger partial charge is 0.228 e. The summed E-state index contributed by atoms with van der Waals surface area (Å²) in [7, 11) is 0. The van der Waals surface area contributed by atoms with Crippen molar-refractivity contribution in [1.82, 2.24) is 4.90 Å². The van der Waals surface area contributed by atoms with Crippen LogP contribution < -0.4 is 0 Å². The van der Waals surface area contributed by atoms with Gasteiger partial charge in [-0.1, -0.05) is 65.9 Å². The van der Waals surface area contributed by atoms with Gasteiger partial charge in [0.25, 0.3) is 0 Å². The molecule has 0 spiro atoms. The number of hydrogen-bond donors (Lipinski definition) is 0. The highest BCUT2D eigenvalue weighted by Crippen LogP contribution is 2.26. The van der Waals surface area contributed by atoms with Crippen molar-refractivity contribution in [2.75, 3.05) is 0 Å². The van der Waals surface area contributed by atoms with E-state index in [9.17, 15) is 13.6 Å². The van der Waals surface area contributed by atoms with Gasteiger partial charge < -0.3 is 4.90 Å². The van der Waals surface area contributed by atoms with E-state index in [1.807, 2.05) is 39.5 Å². The second-order valence-electron chi connectivity index (χ2n) is 9.19. The van der Waals surface area contributed by atoms with Crippen LogP contribution in [0, 0.1) is 17.0 Å². The van der Waals surface area contributed by atoms with Gasteiger partial charge >= 0.3 is 0 Å². The van der Waals surface area contributed by atoms with Gasteiger partial charge in [-0.25, -0.2) is 8.78 Å². The van der Waals surface area contributed by atoms with Gasteiger partial charge in [-0.3, -0.25) is 4.79 Å². The van der Waals surface area contributed by atoms with Gasteiger partial charge in [-0.15, -0.1) is 0 Å². The molecule has 2 nitrogen and oxygen atoms in total. The molecule has 1 aromatic carbocycles. The van der Waals surface area contributed by atoms with Crippen LogP contribution in [0.4, 0.5) is 8.78 Å². The Balaban J connectivity index is 2.93. The lowest BCUT2D eigenvalue weighted by Gasteiger charge is -2.39. The number of benzene rings is 1. The molecule has 1 rings (SSSR count). The highest BCUT2D eigenvalue weighted by molar-refractivity contribution is 5.82. The largest absolute Gasteiger partial charge is 0.337 e. The molecule has 0 aliphatic heterocycles. The average molecular weight is 396 g/mol. The molecular formula is C24H39F2NO. The van der Waals surface area contributed by atoms with Gasteiger partial charge in [0.2, 0.25) is 5.91 Å². The summed E-state index contributed by atoms with van der Waals surface area (Å²) in [6.07, 6.45) is 8.00. The number of rotatable bonds is 11. The minimum Gasteiger partial charge on any atom is -0.337 e. The average Bonchev–Trinajstić information content (AvgIpc) is 2.59. The van der Waals surface area contributed by atoms with E-state index in [-0.39, 0.29) is 18.0 Å². The summed E-state index contributed by atoms with van der Waals surface area (Å²) in [5, 5.41) is 0. The molecule has 28 heavy (non-hydrogen) atoms. The van der Waals surface area contributed by atoms with Crippen molar-refractivity contribution in [2.24, 2.45) is 5.41 Å². The van der Waals surface area contributed by atoms with Crippen LogP contribution in [0.15, 0.2) is 18.2 Å². The van der Waals surface area contributed by atoms with Crippen LogP contribution in [0.3, 0.4) is 0 Å². The van der Waals surface area contributed by atoms with Gasteiger partial charge in [0.15, 0.2) is 0 Å². The Morgan fingerprint density at radius 3 is 2.21 bits per heavy atom. The molecule has 1 amide bonds. The molecule has 1 unspecified atom stereocenters. The van der Waals surface area contributed by atoms with E-state index in [1.165, 1.54) is 31.4 Å². The van der Waals surface area contributed by atoms with E-state index < -0.39 is 17.0 Å². The molecule has 0 saturated heterocycles. The zero-order valence-corrected chi connectivity index (χ0v) is 18.7. The second kappa shape index (κ2) is 11.5. The van der Waals surface area contributed by atoms with E-state index in [4.69, 9.17) is 0 Å². The maximum Gasteiger partial charge on any atom is 0.228 e. The molecule has 0 aromatic heterocycles. The summed E-state index contributed by atoms with van der Waals surface area (Å²) < 4.78 is 27.3. The highest BCUT2D eigenvalue weighted by atomic mass is 19.1. The van der Waals surface area contributed by atoms with Crippen molar-refractivity contribution >= 4 is 5.91 Å². The lowest BCUT2D eigenvalue weighted by Crippen LogP contribution is -2.49. The number of amides is 1. The number of aryl methyl sites for hydroxylation is 1. The maximum atomic E-state index is 14.1. The number of carbonyl (C=O) groups is 1. The molecule has 0 N–H and O–H groups in total. The van der Waals surface area contributed by atoms with E-state index >= 15 is 0 Å². The van der Waals surface area contributed by atoms with Crippen LogP contribution in [-0.2, 0) is 11.2 Å². The molecule has 1 aromatic rings. The zero-order valence-electron chi connectivity index (χ0n) is 18.7. The van der Waals surface area contributed by atoms with Crippen molar-refractivity contribution in [3.05, 3.63) is 35.4 Å². The van der Waals surface area contributed by atoms with Crippen LogP contribution >= 0.6 is 0 Å². The van der Waals surface area contributed by atoms with Gasteiger partial charge in [-0.2, -0.15) is 0 Å². The topological polar surface area (TPSA) is 20.3 Å². The third-order valence-electron chi connectivity index (χ3n) is 5.23. The first-order valence-corrected chi connectivity index (χ1v) is 10.8. The molecule has 160 valence electrons. The first-order valence-electron chi connectivity index (χ1n) is 10.8. The predicted molar refractivity (Wildman–Crippen MR) is 113 cm³/mol. The lowest BCUT2D eigenvalue weighted by atomic mass is 9.90. The Morgan fingerprint density at radius 1 is 1.04 bits per heavy atom. The van der Waals surface area contributed by atoms with Crippen LogP contribution in [0.2, 0.25) is 0 Å². The minimum atomic E-state index is -0.555. The van der Waals surface area contributed by atoms with Gasteiger partial charge in [0.1, 0.15) is 11.6 Å². The number of halogens is 2. The Bertz CT molecular complexity index is 607. The Kier molecular flexibility index (Phi) is 10.1. The molecule has 0 aliphatic carbocycles. The van der Waals surface area contributed by atoms with Crippen LogP contribution in [0.25, 0.3) is 0 Å². The van der Waals surface area contributed by atoms with Crippen LogP contribution in [-0.4, -0.2) is 22.9 Å². The number of unbranched alkanes of at least 4 members (excludes halogenated alkanes) is 4. The normalized spacial score (nSPS) is 13.0. The van der Waals surface area contributed by atoms with E-state index in [0.717, 1.165) is 25.3 Å². The summed E-state index contributed by atoms with van der Waals surface area (Å²) in [5.74, 6) is -0.916. The SMILES string of the molecule is CCCCCCCC(CCc1ccc(F)cc1F)N(C(=O)C(C)(C)C)C(C)C. The fourth-order valence-corrected chi connectivity index (χ4v) is 3.66. The summed E-state index contributed by atoms with van der Waals surface area (Å²) in [4.78, 5) is 15.1. The second-order valence-corrected chi connectivity index (χ2v) is 9.19. The standard InChI is InChI=1S/C24H39F2NO/c1-7-8-9-10-11-12-21(27(18(2)3)23(28)24(4,5)6)16-14-19-13-15-20(25)17-22(19)26/h13,15,17-18,21H,7-12,14,16H2,1-6H3. The third-order valence-corrected chi connectivity index (χ3v) is 5.23.